The topological polar surface area (TPSA) is 82.7 Å². The first kappa shape index (κ1) is 16.5. The first-order valence-electron chi connectivity index (χ1n) is 8.06. The summed E-state index contributed by atoms with van der Waals surface area (Å²) < 4.78 is 18.8. The molecular formula is C16H21FN4O3. The van der Waals surface area contributed by atoms with Crippen LogP contribution in [0.15, 0.2) is 18.2 Å². The summed E-state index contributed by atoms with van der Waals surface area (Å²) in [6.07, 6.45) is 0.492. The van der Waals surface area contributed by atoms with Gasteiger partial charge in [-0.2, -0.15) is 0 Å². The van der Waals surface area contributed by atoms with E-state index in [1.165, 1.54) is 12.1 Å². The molecule has 1 saturated heterocycles. The molecule has 2 heterocycles. The first-order chi connectivity index (χ1) is 11.6. The van der Waals surface area contributed by atoms with Crippen LogP contribution in [0, 0.1) is 5.82 Å². The first-order valence-corrected chi connectivity index (χ1v) is 8.06. The van der Waals surface area contributed by atoms with Crippen molar-refractivity contribution in [1.29, 1.82) is 0 Å². The third-order valence-corrected chi connectivity index (χ3v) is 4.13. The molecule has 130 valence electrons. The van der Waals surface area contributed by atoms with Crippen LogP contribution >= 0.6 is 0 Å². The highest BCUT2D eigenvalue weighted by atomic mass is 19.1. The summed E-state index contributed by atoms with van der Waals surface area (Å²) in [5, 5.41) is 8.49. The lowest BCUT2D eigenvalue weighted by Crippen LogP contribution is -2.52. The van der Waals surface area contributed by atoms with Gasteiger partial charge in [0.05, 0.1) is 12.6 Å². The number of nitrogens with one attached hydrogen (secondary N) is 3. The number of amides is 3. The van der Waals surface area contributed by atoms with E-state index in [0.717, 1.165) is 18.7 Å². The molecule has 1 aromatic carbocycles. The molecule has 0 aliphatic carbocycles. The second-order valence-electron chi connectivity index (χ2n) is 5.92. The largest absolute Gasteiger partial charge is 0.491 e. The molecule has 0 spiro atoms. The molecule has 0 bridgehead atoms. The van der Waals surface area contributed by atoms with Crippen LogP contribution < -0.4 is 20.7 Å². The van der Waals surface area contributed by atoms with Crippen molar-refractivity contribution >= 4 is 11.9 Å². The van der Waals surface area contributed by atoms with Crippen LogP contribution in [0.3, 0.4) is 0 Å². The second kappa shape index (κ2) is 7.48. The van der Waals surface area contributed by atoms with Gasteiger partial charge in [-0.3, -0.25) is 4.79 Å². The van der Waals surface area contributed by atoms with E-state index in [1.54, 1.807) is 11.0 Å². The van der Waals surface area contributed by atoms with E-state index >= 15 is 0 Å². The van der Waals surface area contributed by atoms with Crippen molar-refractivity contribution in [3.63, 3.8) is 0 Å². The number of fused-ring (bicyclic) bond motifs is 1. The van der Waals surface area contributed by atoms with Gasteiger partial charge in [0.1, 0.15) is 18.2 Å². The lowest BCUT2D eigenvalue weighted by molar-refractivity contribution is -0.130. The molecule has 24 heavy (non-hydrogen) atoms. The average molecular weight is 336 g/mol. The highest BCUT2D eigenvalue weighted by Gasteiger charge is 2.22. The maximum Gasteiger partial charge on any atom is 0.315 e. The minimum absolute atomic E-state index is 0.0371. The Bertz CT molecular complexity index is 619. The Kier molecular flexibility index (Phi) is 5.14. The molecule has 1 atom stereocenters. The van der Waals surface area contributed by atoms with Crippen molar-refractivity contribution in [1.82, 2.24) is 20.9 Å². The fourth-order valence-corrected chi connectivity index (χ4v) is 2.87. The predicted octanol–water partition coefficient (Wildman–Crippen LogP) is -0.140. The second-order valence-corrected chi connectivity index (χ2v) is 5.92. The number of carbonyl (C=O) groups is 2. The fourth-order valence-electron chi connectivity index (χ4n) is 2.87. The van der Waals surface area contributed by atoms with Crippen LogP contribution in [0.4, 0.5) is 9.18 Å². The molecule has 3 N–H and O–H groups in total. The monoisotopic (exact) mass is 336 g/mol. The van der Waals surface area contributed by atoms with E-state index in [-0.39, 0.29) is 24.3 Å². The lowest BCUT2D eigenvalue weighted by Gasteiger charge is -2.28. The Labute approximate surface area is 139 Å². The lowest BCUT2D eigenvalue weighted by atomic mass is 10.0. The van der Waals surface area contributed by atoms with Gasteiger partial charge in [-0.25, -0.2) is 9.18 Å². The molecule has 3 amide bonds. The van der Waals surface area contributed by atoms with Crippen molar-refractivity contribution in [2.45, 2.75) is 12.5 Å². The third kappa shape index (κ3) is 4.14. The summed E-state index contributed by atoms with van der Waals surface area (Å²) in [6, 6.07) is 3.67. The number of ether oxygens (including phenoxy) is 1. The highest BCUT2D eigenvalue weighted by Crippen LogP contribution is 2.25. The molecule has 8 heteroatoms. The minimum atomic E-state index is -0.424. The summed E-state index contributed by atoms with van der Waals surface area (Å²) >= 11 is 0. The Morgan fingerprint density at radius 1 is 1.33 bits per heavy atom. The maximum atomic E-state index is 13.3. The normalized spacial score (nSPS) is 19.9. The van der Waals surface area contributed by atoms with Crippen LogP contribution in [0.1, 0.15) is 5.56 Å². The number of rotatable bonds is 3. The van der Waals surface area contributed by atoms with Gasteiger partial charge in [-0.15, -0.1) is 0 Å². The van der Waals surface area contributed by atoms with Gasteiger partial charge in [0, 0.05) is 26.2 Å². The Morgan fingerprint density at radius 2 is 2.12 bits per heavy atom. The molecule has 2 aliphatic rings. The van der Waals surface area contributed by atoms with Crippen LogP contribution in [0.25, 0.3) is 0 Å². The minimum Gasteiger partial charge on any atom is -0.491 e. The zero-order valence-electron chi connectivity index (χ0n) is 13.3. The van der Waals surface area contributed by atoms with Gasteiger partial charge in [-0.05, 0) is 30.2 Å². The summed E-state index contributed by atoms with van der Waals surface area (Å²) in [4.78, 5) is 25.6. The number of urea groups is 1. The van der Waals surface area contributed by atoms with Crippen LogP contribution in [-0.4, -0.2) is 62.2 Å². The van der Waals surface area contributed by atoms with Crippen LogP contribution in [0.5, 0.6) is 5.75 Å². The average Bonchev–Trinajstić information content (AvgIpc) is 2.60. The summed E-state index contributed by atoms with van der Waals surface area (Å²) in [5.74, 6) is 0.215. The van der Waals surface area contributed by atoms with Gasteiger partial charge in [0.2, 0.25) is 5.91 Å². The fraction of sp³-hybridized carbons (Fsp3) is 0.500. The molecule has 0 aromatic heterocycles. The number of benzene rings is 1. The van der Waals surface area contributed by atoms with Gasteiger partial charge < -0.3 is 25.6 Å². The Hall–Kier alpha value is -2.35. The third-order valence-electron chi connectivity index (χ3n) is 4.13. The maximum absolute atomic E-state index is 13.3. The van der Waals surface area contributed by atoms with E-state index in [1.807, 2.05) is 0 Å². The van der Waals surface area contributed by atoms with Crippen LogP contribution in [-0.2, 0) is 11.2 Å². The number of halogens is 1. The molecule has 2 aliphatic heterocycles. The van der Waals surface area contributed by atoms with Crippen molar-refractivity contribution in [3.8, 4) is 5.75 Å². The molecule has 7 nitrogen and oxygen atoms in total. The van der Waals surface area contributed by atoms with Gasteiger partial charge in [0.25, 0.3) is 0 Å². The quantitative estimate of drug-likeness (QED) is 0.718. The zero-order chi connectivity index (χ0) is 16.9. The molecule has 0 radical (unpaired) electrons. The molecule has 1 fully saturated rings. The standard InChI is InChI=1S/C16H21FN4O3/c17-12-1-2-14-11(7-12)8-13(10-24-14)20-16(23)19-9-15(22)21-5-3-18-4-6-21/h1-2,7,13,18H,3-6,8-10H2,(H2,19,20,23). The molecule has 1 aromatic rings. The van der Waals surface area contributed by atoms with Crippen molar-refractivity contribution < 1.29 is 18.7 Å². The van der Waals surface area contributed by atoms with E-state index in [0.29, 0.717) is 31.9 Å². The van der Waals surface area contributed by atoms with Crippen LogP contribution in [0.2, 0.25) is 0 Å². The summed E-state index contributed by atoms with van der Waals surface area (Å²) in [5.41, 5.74) is 0.725. The zero-order valence-corrected chi connectivity index (χ0v) is 13.3. The Morgan fingerprint density at radius 3 is 2.92 bits per heavy atom. The molecular weight excluding hydrogens is 315 g/mol. The highest BCUT2D eigenvalue weighted by molar-refractivity contribution is 5.84. The molecule has 3 rings (SSSR count). The number of piperazine rings is 1. The SMILES string of the molecule is O=C(NCC(=O)N1CCNCC1)NC1COc2ccc(F)cc2C1. The van der Waals surface area contributed by atoms with Gasteiger partial charge in [-0.1, -0.05) is 0 Å². The predicted molar refractivity (Wildman–Crippen MR) is 85.4 cm³/mol. The molecule has 1 unspecified atom stereocenters. The van der Waals surface area contributed by atoms with E-state index < -0.39 is 6.03 Å². The molecule has 0 saturated carbocycles. The van der Waals surface area contributed by atoms with Crippen molar-refractivity contribution in [2.75, 3.05) is 39.3 Å². The van der Waals surface area contributed by atoms with Crippen molar-refractivity contribution in [3.05, 3.63) is 29.6 Å². The summed E-state index contributed by atoms with van der Waals surface area (Å²) in [6.45, 7) is 3.13. The Balaban J connectivity index is 1.44. The van der Waals surface area contributed by atoms with E-state index in [2.05, 4.69) is 16.0 Å². The number of hydrogen-bond acceptors (Lipinski definition) is 4. The van der Waals surface area contributed by atoms with Gasteiger partial charge in [0.15, 0.2) is 0 Å². The van der Waals surface area contributed by atoms with E-state index in [9.17, 15) is 14.0 Å². The van der Waals surface area contributed by atoms with Crippen molar-refractivity contribution in [2.24, 2.45) is 0 Å². The van der Waals surface area contributed by atoms with Gasteiger partial charge >= 0.3 is 6.03 Å². The summed E-state index contributed by atoms with van der Waals surface area (Å²) in [7, 11) is 0. The number of hydrogen-bond donors (Lipinski definition) is 3. The number of nitrogens with zero attached hydrogens (tertiary/aromatic N) is 1. The number of carbonyl (C=O) groups excluding carboxylic acids is 2. The van der Waals surface area contributed by atoms with E-state index in [4.69, 9.17) is 4.74 Å². The smallest absolute Gasteiger partial charge is 0.315 e.